The van der Waals surface area contributed by atoms with Gasteiger partial charge in [0.2, 0.25) is 5.91 Å². The number of rotatable bonds is 7. The Morgan fingerprint density at radius 2 is 1.79 bits per heavy atom. The molecule has 0 spiro atoms. The number of hydrogen-bond donors (Lipinski definition) is 3. The second-order valence-electron chi connectivity index (χ2n) is 9.44. The van der Waals surface area contributed by atoms with Crippen LogP contribution in [-0.4, -0.2) is 77.8 Å². The van der Waals surface area contributed by atoms with Gasteiger partial charge in [-0.25, -0.2) is 4.68 Å². The summed E-state index contributed by atoms with van der Waals surface area (Å²) < 4.78 is 11.1. The molecule has 1 aromatic carbocycles. The number of nitrogens with zero attached hydrogens (tertiary/aromatic N) is 3. The van der Waals surface area contributed by atoms with Crippen molar-refractivity contribution in [2.24, 2.45) is 11.7 Å². The van der Waals surface area contributed by atoms with E-state index in [4.69, 9.17) is 20.6 Å². The van der Waals surface area contributed by atoms with Crippen LogP contribution in [0.4, 0.5) is 0 Å². The zero-order valence-corrected chi connectivity index (χ0v) is 21.3. The highest BCUT2D eigenvalue weighted by Gasteiger charge is 2.29. The smallest absolute Gasteiger partial charge is 0.308 e. The Labute approximate surface area is 219 Å². The second kappa shape index (κ2) is 12.0. The molecule has 2 heterocycles. The number of morpholine rings is 1. The summed E-state index contributed by atoms with van der Waals surface area (Å²) in [5.41, 5.74) is 6.19. The molecule has 0 radical (unpaired) electrons. The number of carbonyl (C=O) groups is 3. The predicted octanol–water partition coefficient (Wildman–Crippen LogP) is 0.515. The van der Waals surface area contributed by atoms with Crippen molar-refractivity contribution in [3.8, 4) is 11.3 Å². The Balaban J connectivity index is 1.60. The van der Waals surface area contributed by atoms with Crippen LogP contribution in [0.5, 0.6) is 0 Å². The number of nitrogens with one attached hydrogen (secondary N) is 2. The molecule has 1 aromatic heterocycles. The van der Waals surface area contributed by atoms with E-state index in [-0.39, 0.29) is 41.8 Å². The molecule has 2 amide bonds. The van der Waals surface area contributed by atoms with Gasteiger partial charge in [0.15, 0.2) is 0 Å². The molecular formula is C26H32N6O6. The number of carbonyl (C=O) groups excluding carboxylic acids is 3. The molecule has 1 aliphatic carbocycles. The fourth-order valence-corrected chi connectivity index (χ4v) is 4.72. The van der Waals surface area contributed by atoms with Gasteiger partial charge in [-0.1, -0.05) is 24.3 Å². The van der Waals surface area contributed by atoms with E-state index in [1.54, 1.807) is 29.2 Å². The lowest BCUT2D eigenvalue weighted by molar-refractivity contribution is -0.146. The van der Waals surface area contributed by atoms with E-state index in [9.17, 15) is 19.2 Å². The molecule has 2 aromatic rings. The molecule has 4 N–H and O–H groups in total. The molecular weight excluding hydrogens is 492 g/mol. The normalized spacial score (nSPS) is 19.4. The first-order valence-electron chi connectivity index (χ1n) is 12.6. The summed E-state index contributed by atoms with van der Waals surface area (Å²) in [5.74, 6) is -1.39. The quantitative estimate of drug-likeness (QED) is 0.267. The molecule has 202 valence electrons. The average Bonchev–Trinajstić information content (AvgIpc) is 2.94. The van der Waals surface area contributed by atoms with E-state index in [1.165, 1.54) is 13.2 Å². The number of nitrogen functional groups attached to an aromatic ring is 1. The molecule has 4 rings (SSSR count). The van der Waals surface area contributed by atoms with Crippen molar-refractivity contribution in [3.05, 3.63) is 51.8 Å². The van der Waals surface area contributed by atoms with Crippen molar-refractivity contribution in [1.29, 1.82) is 5.41 Å². The minimum atomic E-state index is -0.670. The molecule has 1 saturated heterocycles. The van der Waals surface area contributed by atoms with Crippen molar-refractivity contribution in [3.63, 3.8) is 0 Å². The topological polar surface area (TPSA) is 170 Å². The van der Waals surface area contributed by atoms with Crippen molar-refractivity contribution in [1.82, 2.24) is 20.0 Å². The van der Waals surface area contributed by atoms with Crippen LogP contribution in [0.1, 0.15) is 41.6 Å². The van der Waals surface area contributed by atoms with Crippen molar-refractivity contribution < 1.29 is 23.9 Å². The van der Waals surface area contributed by atoms with Crippen LogP contribution >= 0.6 is 0 Å². The van der Waals surface area contributed by atoms with Crippen molar-refractivity contribution in [2.45, 2.75) is 38.3 Å². The molecule has 1 saturated carbocycles. The number of amides is 2. The fourth-order valence-electron chi connectivity index (χ4n) is 4.72. The van der Waals surface area contributed by atoms with Gasteiger partial charge in [0.25, 0.3) is 11.5 Å². The Morgan fingerprint density at radius 1 is 1.13 bits per heavy atom. The van der Waals surface area contributed by atoms with Gasteiger partial charge in [-0.05, 0) is 31.7 Å². The third-order valence-electron chi connectivity index (χ3n) is 6.96. The number of benzene rings is 1. The standard InChI is InChI=1S/C26H32N6O6/c1-37-26(36)18-6-8-19(9-7-18)29-24(34)20-14-21(16-2-4-17(5-3-16)23(27)28)30-32(25(20)35)15-22(33)31-10-12-38-13-11-31/h2-5,14,18-19H,6-13,15H2,1H3,(H3,27,28)(H,29,34)/t18-,19-. The molecule has 0 atom stereocenters. The van der Waals surface area contributed by atoms with Crippen LogP contribution in [-0.2, 0) is 25.6 Å². The Morgan fingerprint density at radius 3 is 2.39 bits per heavy atom. The maximum atomic E-state index is 13.3. The molecule has 1 aliphatic heterocycles. The zero-order chi connectivity index (χ0) is 27.2. The van der Waals surface area contributed by atoms with Crippen molar-refractivity contribution >= 4 is 23.6 Å². The number of hydrogen-bond acceptors (Lipinski definition) is 8. The van der Waals surface area contributed by atoms with E-state index in [1.807, 2.05) is 0 Å². The lowest BCUT2D eigenvalue weighted by Crippen LogP contribution is -2.45. The summed E-state index contributed by atoms with van der Waals surface area (Å²) in [6.07, 6.45) is 2.33. The summed E-state index contributed by atoms with van der Waals surface area (Å²) in [4.78, 5) is 52.9. The zero-order valence-electron chi connectivity index (χ0n) is 21.3. The number of amidine groups is 1. The molecule has 2 fully saturated rings. The van der Waals surface area contributed by atoms with E-state index in [0.29, 0.717) is 68.8 Å². The van der Waals surface area contributed by atoms with E-state index >= 15 is 0 Å². The van der Waals surface area contributed by atoms with Gasteiger partial charge < -0.3 is 25.4 Å². The molecule has 0 bridgehead atoms. The van der Waals surface area contributed by atoms with Gasteiger partial charge in [0.1, 0.15) is 17.9 Å². The highest BCUT2D eigenvalue weighted by atomic mass is 16.5. The first kappa shape index (κ1) is 27.0. The molecule has 2 aliphatic rings. The molecule has 38 heavy (non-hydrogen) atoms. The number of aromatic nitrogens is 2. The summed E-state index contributed by atoms with van der Waals surface area (Å²) in [7, 11) is 1.36. The third kappa shape index (κ3) is 6.25. The first-order chi connectivity index (χ1) is 18.3. The lowest BCUT2D eigenvalue weighted by atomic mass is 9.86. The van der Waals surface area contributed by atoms with Crippen LogP contribution in [0.25, 0.3) is 11.3 Å². The number of esters is 1. The third-order valence-corrected chi connectivity index (χ3v) is 6.96. The van der Waals surface area contributed by atoms with Crippen molar-refractivity contribution in [2.75, 3.05) is 33.4 Å². The summed E-state index contributed by atoms with van der Waals surface area (Å²) in [5, 5.41) is 14.9. The highest BCUT2D eigenvalue weighted by molar-refractivity contribution is 5.96. The molecule has 0 unspecified atom stereocenters. The number of nitrogens with two attached hydrogens (primary N) is 1. The maximum absolute atomic E-state index is 13.3. The van der Waals surface area contributed by atoms with Gasteiger partial charge in [0.05, 0.1) is 31.9 Å². The average molecular weight is 525 g/mol. The predicted molar refractivity (Wildman–Crippen MR) is 138 cm³/mol. The van der Waals surface area contributed by atoms with E-state index in [0.717, 1.165) is 4.68 Å². The Hall–Kier alpha value is -4.06. The van der Waals surface area contributed by atoms with Gasteiger partial charge in [-0.2, -0.15) is 5.10 Å². The van der Waals surface area contributed by atoms with Crippen LogP contribution in [0.3, 0.4) is 0 Å². The number of ether oxygens (including phenoxy) is 2. The highest BCUT2D eigenvalue weighted by Crippen LogP contribution is 2.25. The van der Waals surface area contributed by atoms with Gasteiger partial charge in [0, 0.05) is 30.3 Å². The minimum Gasteiger partial charge on any atom is -0.469 e. The van der Waals surface area contributed by atoms with Crippen LogP contribution in [0, 0.1) is 11.3 Å². The van der Waals surface area contributed by atoms with Gasteiger partial charge >= 0.3 is 5.97 Å². The Kier molecular flexibility index (Phi) is 8.52. The van der Waals surface area contributed by atoms with Crippen LogP contribution < -0.4 is 16.6 Å². The summed E-state index contributed by atoms with van der Waals surface area (Å²) >= 11 is 0. The van der Waals surface area contributed by atoms with Crippen LogP contribution in [0.2, 0.25) is 0 Å². The van der Waals surface area contributed by atoms with Gasteiger partial charge in [-0.3, -0.25) is 24.6 Å². The number of methoxy groups -OCH3 is 1. The summed E-state index contributed by atoms with van der Waals surface area (Å²) in [6.45, 7) is 1.36. The largest absolute Gasteiger partial charge is 0.469 e. The van der Waals surface area contributed by atoms with Gasteiger partial charge in [-0.15, -0.1) is 0 Å². The SMILES string of the molecule is COC(=O)[C@H]1CC[C@H](NC(=O)c2cc(-c3ccc(C(=N)N)cc3)nn(CC(=O)N3CCOCC3)c2=O)CC1. The maximum Gasteiger partial charge on any atom is 0.308 e. The molecule has 12 heteroatoms. The minimum absolute atomic E-state index is 0.0902. The molecule has 12 nitrogen and oxygen atoms in total. The first-order valence-corrected chi connectivity index (χ1v) is 12.6. The lowest BCUT2D eigenvalue weighted by Gasteiger charge is -2.28. The summed E-state index contributed by atoms with van der Waals surface area (Å²) in [6, 6.07) is 7.88. The van der Waals surface area contributed by atoms with E-state index < -0.39 is 11.5 Å². The Bertz CT molecular complexity index is 1260. The van der Waals surface area contributed by atoms with E-state index in [2.05, 4.69) is 10.4 Å². The second-order valence-corrected chi connectivity index (χ2v) is 9.44. The fraction of sp³-hybridized carbons (Fsp3) is 0.462. The monoisotopic (exact) mass is 524 g/mol. The van der Waals surface area contributed by atoms with Crippen LogP contribution in [0.15, 0.2) is 35.1 Å².